The van der Waals surface area contributed by atoms with E-state index in [4.69, 9.17) is 0 Å². The standard InChI is InChI=1S/C20H26N4O2/c1-14(2)24-12-20(18(24)15-3-5-16(25)6-4-15)7-9-23(10-8-20)19(26)17-11-21-13-22-17/h3-6,11,13-14,18,25H,7-10,12H2,1-2H3,(H,21,22). The van der Waals surface area contributed by atoms with Crippen molar-refractivity contribution in [2.75, 3.05) is 19.6 Å². The molecule has 0 aliphatic carbocycles. The number of carbonyl (C=O) groups excluding carboxylic acids is 1. The van der Waals surface area contributed by atoms with Gasteiger partial charge in [0.1, 0.15) is 11.4 Å². The highest BCUT2D eigenvalue weighted by atomic mass is 16.3. The number of amides is 1. The summed E-state index contributed by atoms with van der Waals surface area (Å²) < 4.78 is 0. The maximum atomic E-state index is 12.6. The molecular formula is C20H26N4O2. The maximum Gasteiger partial charge on any atom is 0.271 e. The number of phenolic OH excluding ortho intramolecular Hbond substituents is 1. The number of benzene rings is 1. The van der Waals surface area contributed by atoms with E-state index in [0.29, 0.717) is 23.5 Å². The SMILES string of the molecule is CC(C)N1CC2(CCN(C(=O)c3cnc[nH]3)CC2)C1c1ccc(O)cc1. The minimum Gasteiger partial charge on any atom is -0.508 e. The lowest BCUT2D eigenvalue weighted by Crippen LogP contribution is -2.64. The zero-order chi connectivity index (χ0) is 18.3. The number of H-pyrrole nitrogens is 1. The summed E-state index contributed by atoms with van der Waals surface area (Å²) in [6, 6.07) is 8.46. The third kappa shape index (κ3) is 2.78. The topological polar surface area (TPSA) is 72.5 Å². The Kier molecular flexibility index (Phi) is 4.23. The van der Waals surface area contributed by atoms with Crippen molar-refractivity contribution in [3.8, 4) is 5.75 Å². The minimum atomic E-state index is 0.0403. The highest BCUT2D eigenvalue weighted by molar-refractivity contribution is 5.92. The van der Waals surface area contributed by atoms with Gasteiger partial charge in [0.15, 0.2) is 0 Å². The van der Waals surface area contributed by atoms with Crippen LogP contribution in [0.3, 0.4) is 0 Å². The first-order valence-corrected chi connectivity index (χ1v) is 9.32. The molecule has 6 heteroatoms. The highest BCUT2D eigenvalue weighted by Crippen LogP contribution is 2.55. The molecule has 2 aromatic rings. The molecule has 0 saturated carbocycles. The summed E-state index contributed by atoms with van der Waals surface area (Å²) in [5, 5.41) is 9.63. The fraction of sp³-hybridized carbons (Fsp3) is 0.500. The fourth-order valence-corrected chi connectivity index (χ4v) is 4.59. The van der Waals surface area contributed by atoms with Crippen LogP contribution in [0.4, 0.5) is 0 Å². The smallest absolute Gasteiger partial charge is 0.271 e. The molecule has 26 heavy (non-hydrogen) atoms. The first kappa shape index (κ1) is 17.1. The largest absolute Gasteiger partial charge is 0.508 e. The number of imidazole rings is 1. The Balaban J connectivity index is 1.51. The van der Waals surface area contributed by atoms with Crippen LogP contribution in [0.1, 0.15) is 48.8 Å². The number of piperidine rings is 1. The number of hydrogen-bond acceptors (Lipinski definition) is 4. The summed E-state index contributed by atoms with van der Waals surface area (Å²) in [4.78, 5) is 23.9. The summed E-state index contributed by atoms with van der Waals surface area (Å²) >= 11 is 0. The first-order valence-electron chi connectivity index (χ1n) is 9.32. The molecule has 0 radical (unpaired) electrons. The molecule has 2 fully saturated rings. The molecule has 138 valence electrons. The van der Waals surface area contributed by atoms with Crippen molar-refractivity contribution in [2.24, 2.45) is 5.41 Å². The van der Waals surface area contributed by atoms with Crippen molar-refractivity contribution in [2.45, 2.75) is 38.8 Å². The maximum absolute atomic E-state index is 12.6. The molecule has 1 aromatic carbocycles. The van der Waals surface area contributed by atoms with E-state index in [0.717, 1.165) is 32.5 Å². The lowest BCUT2D eigenvalue weighted by Gasteiger charge is -2.62. The number of hydrogen-bond donors (Lipinski definition) is 2. The van der Waals surface area contributed by atoms with Gasteiger partial charge in [0.2, 0.25) is 0 Å². The van der Waals surface area contributed by atoms with E-state index in [9.17, 15) is 9.90 Å². The van der Waals surface area contributed by atoms with Crippen molar-refractivity contribution in [1.29, 1.82) is 0 Å². The number of aromatic amines is 1. The first-order chi connectivity index (χ1) is 12.5. The monoisotopic (exact) mass is 354 g/mol. The lowest BCUT2D eigenvalue weighted by molar-refractivity contribution is -0.124. The molecule has 2 N–H and O–H groups in total. The van der Waals surface area contributed by atoms with E-state index < -0.39 is 0 Å². The van der Waals surface area contributed by atoms with Crippen LogP contribution in [0.15, 0.2) is 36.8 Å². The molecular weight excluding hydrogens is 328 g/mol. The van der Waals surface area contributed by atoms with Gasteiger partial charge in [-0.15, -0.1) is 0 Å². The van der Waals surface area contributed by atoms with Gasteiger partial charge >= 0.3 is 0 Å². The van der Waals surface area contributed by atoms with Gasteiger partial charge < -0.3 is 15.0 Å². The molecule has 1 spiro atoms. The van der Waals surface area contributed by atoms with Gasteiger partial charge in [-0.2, -0.15) is 0 Å². The van der Waals surface area contributed by atoms with Crippen molar-refractivity contribution in [3.05, 3.63) is 48.0 Å². The fourth-order valence-electron chi connectivity index (χ4n) is 4.59. The van der Waals surface area contributed by atoms with E-state index in [1.54, 1.807) is 24.7 Å². The molecule has 1 unspecified atom stereocenters. The average molecular weight is 354 g/mol. The number of nitrogens with one attached hydrogen (secondary N) is 1. The molecule has 4 rings (SSSR count). The van der Waals surface area contributed by atoms with Crippen LogP contribution in [0, 0.1) is 5.41 Å². The molecule has 1 amide bonds. The number of likely N-dealkylation sites (tertiary alicyclic amines) is 2. The molecule has 2 saturated heterocycles. The van der Waals surface area contributed by atoms with Crippen LogP contribution < -0.4 is 0 Å². The molecule has 2 aliphatic heterocycles. The number of nitrogens with zero attached hydrogens (tertiary/aromatic N) is 3. The zero-order valence-electron chi connectivity index (χ0n) is 15.4. The minimum absolute atomic E-state index is 0.0403. The van der Waals surface area contributed by atoms with Crippen LogP contribution in [-0.2, 0) is 0 Å². The average Bonchev–Trinajstić information content (AvgIpc) is 3.16. The molecule has 6 nitrogen and oxygen atoms in total. The zero-order valence-corrected chi connectivity index (χ0v) is 15.4. The Morgan fingerprint density at radius 2 is 1.96 bits per heavy atom. The number of aromatic nitrogens is 2. The molecule has 3 heterocycles. The number of carbonyl (C=O) groups is 1. The van der Waals surface area contributed by atoms with E-state index in [1.807, 2.05) is 17.0 Å². The van der Waals surface area contributed by atoms with E-state index >= 15 is 0 Å². The van der Waals surface area contributed by atoms with Gasteiger partial charge in [0.05, 0.1) is 12.5 Å². The van der Waals surface area contributed by atoms with Gasteiger partial charge in [-0.1, -0.05) is 12.1 Å². The number of rotatable bonds is 3. The van der Waals surface area contributed by atoms with Gasteiger partial charge in [0.25, 0.3) is 5.91 Å². The number of aromatic hydroxyl groups is 1. The molecule has 2 aliphatic rings. The van der Waals surface area contributed by atoms with E-state index in [-0.39, 0.29) is 11.3 Å². The quantitative estimate of drug-likeness (QED) is 0.889. The summed E-state index contributed by atoms with van der Waals surface area (Å²) in [6.07, 6.45) is 5.14. The third-order valence-electron chi connectivity index (χ3n) is 6.06. The second kappa shape index (κ2) is 6.43. The van der Waals surface area contributed by atoms with Gasteiger partial charge in [-0.3, -0.25) is 9.69 Å². The summed E-state index contributed by atoms with van der Waals surface area (Å²) in [5.41, 5.74) is 2.04. The van der Waals surface area contributed by atoms with Crippen molar-refractivity contribution in [3.63, 3.8) is 0 Å². The van der Waals surface area contributed by atoms with Gasteiger partial charge in [0, 0.05) is 37.1 Å². The Hall–Kier alpha value is -2.34. The highest BCUT2D eigenvalue weighted by Gasteiger charge is 2.54. The Bertz CT molecular complexity index is 762. The van der Waals surface area contributed by atoms with Crippen LogP contribution >= 0.6 is 0 Å². The predicted octanol–water partition coefficient (Wildman–Crippen LogP) is 2.80. The van der Waals surface area contributed by atoms with E-state index in [1.165, 1.54) is 5.56 Å². The van der Waals surface area contributed by atoms with Crippen LogP contribution in [0.25, 0.3) is 0 Å². The Morgan fingerprint density at radius 1 is 1.27 bits per heavy atom. The Labute approximate surface area is 153 Å². The third-order valence-corrected chi connectivity index (χ3v) is 6.06. The second-order valence-electron chi connectivity index (χ2n) is 7.88. The van der Waals surface area contributed by atoms with Crippen LogP contribution in [-0.4, -0.2) is 56.5 Å². The summed E-state index contributed by atoms with van der Waals surface area (Å²) in [6.45, 7) is 7.09. The van der Waals surface area contributed by atoms with Gasteiger partial charge in [-0.05, 0) is 44.4 Å². The van der Waals surface area contributed by atoms with Crippen LogP contribution in [0.5, 0.6) is 5.75 Å². The van der Waals surface area contributed by atoms with Crippen molar-refractivity contribution < 1.29 is 9.90 Å². The predicted molar refractivity (Wildman–Crippen MR) is 98.8 cm³/mol. The normalized spacial score (nSPS) is 22.6. The van der Waals surface area contributed by atoms with Gasteiger partial charge in [-0.25, -0.2) is 4.98 Å². The summed E-state index contributed by atoms with van der Waals surface area (Å²) in [7, 11) is 0. The molecule has 0 bridgehead atoms. The van der Waals surface area contributed by atoms with Crippen molar-refractivity contribution >= 4 is 5.91 Å². The summed E-state index contributed by atoms with van der Waals surface area (Å²) in [5.74, 6) is 0.344. The second-order valence-corrected chi connectivity index (χ2v) is 7.88. The number of phenols is 1. The molecule has 1 atom stereocenters. The lowest BCUT2D eigenvalue weighted by atomic mass is 9.62. The molecule has 1 aromatic heterocycles. The van der Waals surface area contributed by atoms with E-state index in [2.05, 4.69) is 28.7 Å². The van der Waals surface area contributed by atoms with Crippen LogP contribution in [0.2, 0.25) is 0 Å². The Morgan fingerprint density at radius 3 is 2.54 bits per heavy atom. The van der Waals surface area contributed by atoms with Crippen molar-refractivity contribution in [1.82, 2.24) is 19.8 Å².